The van der Waals surface area contributed by atoms with Crippen molar-refractivity contribution < 1.29 is 0 Å². The second-order valence-electron chi connectivity index (χ2n) is 13.3. The lowest BCUT2D eigenvalue weighted by Crippen LogP contribution is -2.33. The van der Waals surface area contributed by atoms with Crippen LogP contribution in [0.1, 0.15) is 22.3 Å². The molecule has 0 fully saturated rings. The fourth-order valence-corrected chi connectivity index (χ4v) is 8.80. The number of benzene rings is 7. The van der Waals surface area contributed by atoms with Gasteiger partial charge in [-0.05, 0) is 63.7 Å². The maximum atomic E-state index is 5.32. The molecule has 232 valence electrons. The predicted octanol–water partition coefficient (Wildman–Crippen LogP) is 11.3. The molecule has 11 rings (SSSR count). The minimum Gasteiger partial charge on any atom is -0.309 e. The van der Waals surface area contributed by atoms with Crippen LogP contribution in [0, 0.1) is 0 Å². The zero-order chi connectivity index (χ0) is 32.8. The van der Waals surface area contributed by atoms with Gasteiger partial charge in [-0.3, -0.25) is 0 Å². The van der Waals surface area contributed by atoms with E-state index in [1.165, 1.54) is 60.9 Å². The molecule has 50 heavy (non-hydrogen) atoms. The Morgan fingerprint density at radius 3 is 1.68 bits per heavy atom. The summed E-state index contributed by atoms with van der Waals surface area (Å²) in [7, 11) is 0. The molecule has 9 aromatic rings. The Kier molecular flexibility index (Phi) is 5.59. The van der Waals surface area contributed by atoms with Crippen molar-refractivity contribution in [3.05, 3.63) is 198 Å². The molecule has 3 nitrogen and oxygen atoms in total. The van der Waals surface area contributed by atoms with Gasteiger partial charge >= 0.3 is 0 Å². The van der Waals surface area contributed by atoms with E-state index in [1.54, 1.807) is 0 Å². The molecule has 0 N–H and O–H groups in total. The van der Waals surface area contributed by atoms with E-state index >= 15 is 0 Å². The SMILES string of the molecule is c1ccc(-c2cc(-c3cc4c5c(c3)c3ccccc3n5-c3ccccc3C43c4ccccc4-c4ccccc43)nc(-c3ccccc3)n2)cc1. The van der Waals surface area contributed by atoms with Gasteiger partial charge in [0.15, 0.2) is 5.82 Å². The first-order valence-electron chi connectivity index (χ1n) is 17.2. The fraction of sp³-hybridized carbons (Fsp3) is 0.0213. The first kappa shape index (κ1) is 27.4. The Labute approximate surface area is 289 Å². The fourth-order valence-electron chi connectivity index (χ4n) is 8.80. The summed E-state index contributed by atoms with van der Waals surface area (Å²) in [6, 6.07) is 63.6. The normalized spacial score (nSPS) is 13.4. The molecule has 7 aromatic carbocycles. The largest absolute Gasteiger partial charge is 0.309 e. The molecule has 0 saturated carbocycles. The van der Waals surface area contributed by atoms with Crippen molar-refractivity contribution in [2.75, 3.05) is 0 Å². The minimum absolute atomic E-state index is 0.514. The molecule has 0 unspecified atom stereocenters. The molecule has 0 saturated heterocycles. The van der Waals surface area contributed by atoms with Crippen molar-refractivity contribution in [3.63, 3.8) is 0 Å². The van der Waals surface area contributed by atoms with Gasteiger partial charge in [-0.1, -0.05) is 146 Å². The zero-order valence-electron chi connectivity index (χ0n) is 27.1. The molecular formula is C47H29N3. The minimum atomic E-state index is -0.514. The molecule has 2 aliphatic rings. The summed E-state index contributed by atoms with van der Waals surface area (Å²) in [5.74, 6) is 0.717. The molecule has 3 heteroatoms. The zero-order valence-corrected chi connectivity index (χ0v) is 27.1. The first-order valence-corrected chi connectivity index (χ1v) is 17.2. The number of hydrogen-bond acceptors (Lipinski definition) is 2. The number of aromatic nitrogens is 3. The van der Waals surface area contributed by atoms with Crippen LogP contribution in [0.25, 0.3) is 72.5 Å². The van der Waals surface area contributed by atoms with Crippen LogP contribution in [0.2, 0.25) is 0 Å². The summed E-state index contributed by atoms with van der Waals surface area (Å²) < 4.78 is 2.50. The van der Waals surface area contributed by atoms with E-state index in [0.29, 0.717) is 0 Å². The maximum Gasteiger partial charge on any atom is 0.160 e. The summed E-state index contributed by atoms with van der Waals surface area (Å²) in [4.78, 5) is 10.4. The van der Waals surface area contributed by atoms with E-state index in [9.17, 15) is 0 Å². The third-order valence-electron chi connectivity index (χ3n) is 10.8. The Morgan fingerprint density at radius 1 is 0.400 bits per heavy atom. The molecular weight excluding hydrogens is 607 g/mol. The average Bonchev–Trinajstić information content (AvgIpc) is 3.69. The molecule has 1 aliphatic carbocycles. The van der Waals surface area contributed by atoms with E-state index in [4.69, 9.17) is 9.97 Å². The monoisotopic (exact) mass is 635 g/mol. The highest BCUT2D eigenvalue weighted by Crippen LogP contribution is 2.61. The van der Waals surface area contributed by atoms with E-state index in [-0.39, 0.29) is 0 Å². The molecule has 0 atom stereocenters. The van der Waals surface area contributed by atoms with E-state index < -0.39 is 5.41 Å². The number of fused-ring (bicyclic) bond motifs is 12. The second-order valence-corrected chi connectivity index (χ2v) is 13.3. The molecule has 0 bridgehead atoms. The summed E-state index contributed by atoms with van der Waals surface area (Å²) in [5.41, 5.74) is 15.9. The van der Waals surface area contributed by atoms with E-state index in [1.807, 2.05) is 12.1 Å². The number of nitrogens with zero attached hydrogens (tertiary/aromatic N) is 3. The molecule has 2 aromatic heterocycles. The molecule has 0 amide bonds. The van der Waals surface area contributed by atoms with Crippen molar-refractivity contribution in [2.45, 2.75) is 5.41 Å². The summed E-state index contributed by atoms with van der Waals surface area (Å²) in [6.07, 6.45) is 0. The third kappa shape index (κ3) is 3.58. The lowest BCUT2D eigenvalue weighted by molar-refractivity contribution is 0.748. The van der Waals surface area contributed by atoms with Gasteiger partial charge in [0.2, 0.25) is 0 Å². The number of para-hydroxylation sites is 2. The summed E-state index contributed by atoms with van der Waals surface area (Å²) >= 11 is 0. The summed E-state index contributed by atoms with van der Waals surface area (Å²) in [6.45, 7) is 0. The van der Waals surface area contributed by atoms with Crippen molar-refractivity contribution in [3.8, 4) is 50.7 Å². The Morgan fingerprint density at radius 2 is 0.960 bits per heavy atom. The van der Waals surface area contributed by atoms with Crippen LogP contribution >= 0.6 is 0 Å². The highest BCUT2D eigenvalue weighted by atomic mass is 15.0. The van der Waals surface area contributed by atoms with Gasteiger partial charge in [0.1, 0.15) is 0 Å². The Balaban J connectivity index is 1.31. The van der Waals surface area contributed by atoms with Crippen LogP contribution in [-0.4, -0.2) is 14.5 Å². The quantitative estimate of drug-likeness (QED) is 0.193. The molecule has 1 spiro atoms. The Hall–Kier alpha value is -6.58. The number of rotatable bonds is 3. The topological polar surface area (TPSA) is 30.7 Å². The standard InChI is InChI=1S/C47H29N3/c1-3-15-30(16-4-1)41-29-42(49-46(48-41)31-17-5-2-6-18-31)32-27-36-35-21-9-13-25-43(35)50-44-26-14-12-24-39(44)47(40(28-32)45(36)50)37-22-10-7-19-33(37)34-20-8-11-23-38(34)47/h1-29H. The average molecular weight is 636 g/mol. The highest BCUT2D eigenvalue weighted by Gasteiger charge is 2.50. The number of hydrogen-bond donors (Lipinski definition) is 0. The van der Waals surface area contributed by atoms with Crippen LogP contribution in [0.4, 0.5) is 0 Å². The Bertz CT molecular complexity index is 2710. The van der Waals surface area contributed by atoms with E-state index in [0.717, 1.165) is 33.9 Å². The van der Waals surface area contributed by atoms with E-state index in [2.05, 4.69) is 168 Å². The van der Waals surface area contributed by atoms with Gasteiger partial charge in [-0.15, -0.1) is 0 Å². The van der Waals surface area contributed by atoms with Crippen LogP contribution in [0.5, 0.6) is 0 Å². The predicted molar refractivity (Wildman–Crippen MR) is 204 cm³/mol. The van der Waals surface area contributed by atoms with Crippen LogP contribution in [-0.2, 0) is 5.41 Å². The lowest BCUT2D eigenvalue weighted by atomic mass is 9.65. The van der Waals surface area contributed by atoms with Crippen molar-refractivity contribution >= 4 is 21.8 Å². The van der Waals surface area contributed by atoms with Gasteiger partial charge in [-0.25, -0.2) is 9.97 Å². The molecule has 1 aliphatic heterocycles. The van der Waals surface area contributed by atoms with Gasteiger partial charge in [0.25, 0.3) is 0 Å². The third-order valence-corrected chi connectivity index (χ3v) is 10.8. The van der Waals surface area contributed by atoms with Gasteiger partial charge < -0.3 is 4.57 Å². The van der Waals surface area contributed by atoms with Crippen molar-refractivity contribution in [2.24, 2.45) is 0 Å². The molecule has 3 heterocycles. The second kappa shape index (κ2) is 10.2. The van der Waals surface area contributed by atoms with Crippen molar-refractivity contribution in [1.29, 1.82) is 0 Å². The van der Waals surface area contributed by atoms with Crippen LogP contribution < -0.4 is 0 Å². The van der Waals surface area contributed by atoms with Gasteiger partial charge in [0, 0.05) is 27.5 Å². The maximum absolute atomic E-state index is 5.32. The summed E-state index contributed by atoms with van der Waals surface area (Å²) in [5, 5.41) is 2.46. The van der Waals surface area contributed by atoms with Gasteiger partial charge in [-0.2, -0.15) is 0 Å². The van der Waals surface area contributed by atoms with Crippen LogP contribution in [0.15, 0.2) is 176 Å². The van der Waals surface area contributed by atoms with Gasteiger partial charge in [0.05, 0.1) is 33.5 Å². The first-order chi connectivity index (χ1) is 24.8. The lowest BCUT2D eigenvalue weighted by Gasteiger charge is -2.39. The smallest absolute Gasteiger partial charge is 0.160 e. The highest BCUT2D eigenvalue weighted by molar-refractivity contribution is 6.14. The molecule has 0 radical (unpaired) electrons. The van der Waals surface area contributed by atoms with Crippen molar-refractivity contribution in [1.82, 2.24) is 14.5 Å². The van der Waals surface area contributed by atoms with Crippen LogP contribution in [0.3, 0.4) is 0 Å².